The third kappa shape index (κ3) is 2.29. The summed E-state index contributed by atoms with van der Waals surface area (Å²) in [4.78, 5) is 0. The Kier molecular flexibility index (Phi) is 3.55. The van der Waals surface area contributed by atoms with Crippen molar-refractivity contribution in [1.82, 2.24) is 2.66 Å². The number of nitrogens with zero attached hydrogens (tertiary/aromatic N) is 2. The maximum absolute atomic E-state index is 2.64. The molecule has 2 nitrogen and oxygen atoms in total. The van der Waals surface area contributed by atoms with Crippen molar-refractivity contribution in [1.29, 1.82) is 0 Å². The quantitative estimate of drug-likeness (QED) is 0.284. The summed E-state index contributed by atoms with van der Waals surface area (Å²) in [7, 11) is 0. The van der Waals surface area contributed by atoms with Crippen molar-refractivity contribution in [2.75, 3.05) is 0 Å². The zero-order valence-corrected chi connectivity index (χ0v) is 18.3. The monoisotopic (exact) mass is 471 g/mol. The SMILES string of the molecule is c1ccc2c(c1)c1ccccc1[n]2[La][n]1c2ccccc2c2ccccc21. The van der Waals surface area contributed by atoms with Crippen LogP contribution in [0.15, 0.2) is 97.1 Å². The van der Waals surface area contributed by atoms with Crippen LogP contribution >= 0.6 is 0 Å². The van der Waals surface area contributed by atoms with E-state index in [0.29, 0.717) is 0 Å². The van der Waals surface area contributed by atoms with Gasteiger partial charge in [0.05, 0.1) is 0 Å². The molecule has 0 amide bonds. The summed E-state index contributed by atoms with van der Waals surface area (Å²) in [6.07, 6.45) is 0. The molecule has 0 unspecified atom stereocenters. The van der Waals surface area contributed by atoms with Crippen LogP contribution in [0.25, 0.3) is 43.6 Å². The second-order valence-corrected chi connectivity index (χ2v) is 10.9. The van der Waals surface area contributed by atoms with Gasteiger partial charge in [-0.1, -0.05) is 0 Å². The summed E-state index contributed by atoms with van der Waals surface area (Å²) in [6.45, 7) is 0. The van der Waals surface area contributed by atoms with Crippen LogP contribution in [-0.2, 0) is 0 Å². The fraction of sp³-hybridized carbons (Fsp3) is 0. The molecule has 0 atom stereocenters. The first-order chi connectivity index (χ1) is 13.4. The fourth-order valence-corrected chi connectivity index (χ4v) is 9.39. The molecule has 0 spiro atoms. The Balaban J connectivity index is 1.70. The number of rotatable bonds is 2. The van der Waals surface area contributed by atoms with Gasteiger partial charge >= 0.3 is 176 Å². The number of hydrogen-bond acceptors (Lipinski definition) is 0. The van der Waals surface area contributed by atoms with Crippen LogP contribution in [0.5, 0.6) is 0 Å². The molecule has 125 valence electrons. The molecule has 0 saturated heterocycles. The van der Waals surface area contributed by atoms with Crippen molar-refractivity contribution in [2.24, 2.45) is 0 Å². The van der Waals surface area contributed by atoms with Gasteiger partial charge in [0.1, 0.15) is 0 Å². The summed E-state index contributed by atoms with van der Waals surface area (Å²) in [6, 6.07) is 35.4. The minimum atomic E-state index is -1.60. The molecule has 6 aromatic rings. The molecule has 2 heterocycles. The molecule has 0 fully saturated rings. The van der Waals surface area contributed by atoms with E-state index in [-0.39, 0.29) is 0 Å². The van der Waals surface area contributed by atoms with Crippen molar-refractivity contribution in [2.45, 2.75) is 0 Å². The number of hydrogen-bond donors (Lipinski definition) is 0. The molecule has 27 heavy (non-hydrogen) atoms. The van der Waals surface area contributed by atoms with Gasteiger partial charge in [-0.15, -0.1) is 0 Å². The number of para-hydroxylation sites is 4. The molecule has 0 N–H and O–H groups in total. The van der Waals surface area contributed by atoms with Gasteiger partial charge in [0.15, 0.2) is 0 Å². The standard InChI is InChI=1S/2C12H8N.La/c2*1-3-7-11-9(5-1)10-6-2-4-8-12(10)13-11;/h2*1-8H;/q2*-1;+2. The zero-order valence-electron chi connectivity index (χ0n) is 14.7. The van der Waals surface area contributed by atoms with Gasteiger partial charge in [-0.3, -0.25) is 0 Å². The number of benzene rings is 4. The Bertz CT molecular complexity index is 1240. The van der Waals surface area contributed by atoms with Crippen molar-refractivity contribution in [3.8, 4) is 0 Å². The molecular formula is C24H16LaN2. The summed E-state index contributed by atoms with van der Waals surface area (Å²) < 4.78 is 5.28. The average molecular weight is 471 g/mol. The maximum atomic E-state index is 2.64. The van der Waals surface area contributed by atoms with Gasteiger partial charge in [0.25, 0.3) is 0 Å². The molecule has 4 aromatic carbocycles. The van der Waals surface area contributed by atoms with Gasteiger partial charge in [-0.05, 0) is 0 Å². The van der Waals surface area contributed by atoms with E-state index in [2.05, 4.69) is 99.7 Å². The van der Waals surface area contributed by atoms with E-state index < -0.39 is 32.6 Å². The third-order valence-electron chi connectivity index (χ3n) is 5.47. The van der Waals surface area contributed by atoms with Crippen LogP contribution < -0.4 is 0 Å². The first-order valence-corrected chi connectivity index (χ1v) is 12.5. The summed E-state index contributed by atoms with van der Waals surface area (Å²) >= 11 is -1.60. The van der Waals surface area contributed by atoms with Crippen LogP contribution in [-0.4, -0.2) is 2.66 Å². The van der Waals surface area contributed by atoms with E-state index in [0.717, 1.165) is 0 Å². The molecule has 0 aliphatic rings. The molecule has 3 heteroatoms. The van der Waals surface area contributed by atoms with Crippen LogP contribution in [0, 0.1) is 32.6 Å². The first-order valence-electron chi connectivity index (χ1n) is 9.22. The Hall–Kier alpha value is -2.33. The number of aromatic nitrogens is 2. The molecule has 0 aliphatic heterocycles. The van der Waals surface area contributed by atoms with Gasteiger partial charge in [0, 0.05) is 0 Å². The summed E-state index contributed by atoms with van der Waals surface area (Å²) in [5.74, 6) is 0. The van der Waals surface area contributed by atoms with Crippen LogP contribution in [0.1, 0.15) is 0 Å². The first kappa shape index (κ1) is 15.7. The van der Waals surface area contributed by atoms with Crippen molar-refractivity contribution in [3.05, 3.63) is 97.1 Å². The Morgan fingerprint density at radius 2 is 0.630 bits per heavy atom. The Morgan fingerprint density at radius 1 is 0.370 bits per heavy atom. The molecule has 6 rings (SSSR count). The molecule has 2 aromatic heterocycles. The van der Waals surface area contributed by atoms with E-state index >= 15 is 0 Å². The summed E-state index contributed by atoms with van der Waals surface area (Å²) in [5, 5.41) is 5.46. The van der Waals surface area contributed by atoms with Gasteiger partial charge in [-0.25, -0.2) is 0 Å². The van der Waals surface area contributed by atoms with Crippen LogP contribution in [0.2, 0.25) is 0 Å². The molecule has 0 bridgehead atoms. The van der Waals surface area contributed by atoms with Crippen molar-refractivity contribution < 1.29 is 32.6 Å². The second-order valence-electron chi connectivity index (χ2n) is 6.92. The van der Waals surface area contributed by atoms with Crippen LogP contribution in [0.3, 0.4) is 0 Å². The zero-order chi connectivity index (χ0) is 17.8. The van der Waals surface area contributed by atoms with Crippen molar-refractivity contribution in [3.63, 3.8) is 0 Å². The molecule has 0 aliphatic carbocycles. The predicted molar refractivity (Wildman–Crippen MR) is 110 cm³/mol. The molecule has 0 saturated carbocycles. The van der Waals surface area contributed by atoms with E-state index in [1.54, 1.807) is 0 Å². The predicted octanol–water partition coefficient (Wildman–Crippen LogP) is 6.21. The fourth-order valence-electron chi connectivity index (χ4n) is 4.27. The molecular weight excluding hydrogens is 455 g/mol. The van der Waals surface area contributed by atoms with Crippen molar-refractivity contribution >= 4 is 43.6 Å². The van der Waals surface area contributed by atoms with E-state index in [4.69, 9.17) is 0 Å². The average Bonchev–Trinajstić information content (AvgIpc) is 3.23. The van der Waals surface area contributed by atoms with Gasteiger partial charge in [0.2, 0.25) is 0 Å². The van der Waals surface area contributed by atoms with Crippen LogP contribution in [0.4, 0.5) is 0 Å². The Morgan fingerprint density at radius 3 is 0.926 bits per heavy atom. The minimum absolute atomic E-state index is 1.37. The van der Waals surface area contributed by atoms with E-state index in [9.17, 15) is 0 Å². The van der Waals surface area contributed by atoms with Gasteiger partial charge < -0.3 is 0 Å². The third-order valence-corrected chi connectivity index (χ3v) is 10.4. The van der Waals surface area contributed by atoms with E-state index in [1.807, 2.05) is 0 Å². The topological polar surface area (TPSA) is 9.86 Å². The summed E-state index contributed by atoms with van der Waals surface area (Å²) in [5.41, 5.74) is 5.48. The van der Waals surface area contributed by atoms with E-state index in [1.165, 1.54) is 43.6 Å². The second kappa shape index (κ2) is 6.10. The van der Waals surface area contributed by atoms with Gasteiger partial charge in [-0.2, -0.15) is 0 Å². The number of fused-ring (bicyclic) bond motifs is 6. The Labute approximate surface area is 174 Å². The normalized spacial score (nSPS) is 11.6. The molecule has 0 radical (unpaired) electrons.